The minimum absolute atomic E-state index is 0.211. The molecule has 3 rings (SSSR count). The maximum atomic E-state index is 12.4. The van der Waals surface area contributed by atoms with Gasteiger partial charge >= 0.3 is 5.97 Å². The third-order valence-electron chi connectivity index (χ3n) is 3.57. The fourth-order valence-corrected chi connectivity index (χ4v) is 3.53. The van der Waals surface area contributed by atoms with Crippen molar-refractivity contribution < 1.29 is 19.1 Å². The summed E-state index contributed by atoms with van der Waals surface area (Å²) in [5, 5.41) is 2.83. The molecule has 1 amide bonds. The first-order valence-corrected chi connectivity index (χ1v) is 8.80. The molecule has 5 nitrogen and oxygen atoms in total. The molecule has 6 heteroatoms. The largest absolute Gasteiger partial charge is 0.476 e. The third kappa shape index (κ3) is 3.96. The van der Waals surface area contributed by atoms with Gasteiger partial charge in [-0.05, 0) is 63.2 Å². The van der Waals surface area contributed by atoms with E-state index in [1.807, 2.05) is 26.0 Å². The second-order valence-electron chi connectivity index (χ2n) is 6.02. The molecular formula is C19H19NO4S. The van der Waals surface area contributed by atoms with Crippen molar-refractivity contribution in [2.24, 2.45) is 0 Å². The molecule has 0 saturated carbocycles. The molecule has 0 saturated heterocycles. The summed E-state index contributed by atoms with van der Waals surface area (Å²) in [6.45, 7) is 6.06. The van der Waals surface area contributed by atoms with E-state index >= 15 is 0 Å². The standard InChI is InChI=1S/C19H19NO4S/c1-4-23-18(22)12-5-8-14(9-6-12)20-17(21)13-7-10-15-16(11-13)25-19(2,3)24-15/h5-11H,4H2,1-3H3,(H,20,21). The Labute approximate surface area is 150 Å². The molecule has 0 spiro atoms. The molecule has 0 aliphatic carbocycles. The van der Waals surface area contributed by atoms with Crippen LogP contribution in [0.1, 0.15) is 41.5 Å². The first-order chi connectivity index (χ1) is 11.9. The highest BCUT2D eigenvalue weighted by molar-refractivity contribution is 8.00. The van der Waals surface area contributed by atoms with Gasteiger partial charge in [0.15, 0.2) is 4.93 Å². The average molecular weight is 357 g/mol. The molecule has 0 radical (unpaired) electrons. The molecule has 0 aromatic heterocycles. The van der Waals surface area contributed by atoms with E-state index in [9.17, 15) is 9.59 Å². The van der Waals surface area contributed by atoms with Gasteiger partial charge in [0.1, 0.15) is 5.75 Å². The quantitative estimate of drug-likeness (QED) is 0.825. The highest BCUT2D eigenvalue weighted by atomic mass is 32.2. The number of amides is 1. The number of carbonyl (C=O) groups excluding carboxylic acids is 2. The van der Waals surface area contributed by atoms with Crippen LogP contribution in [0, 0.1) is 0 Å². The number of thioether (sulfide) groups is 1. The van der Waals surface area contributed by atoms with Crippen molar-refractivity contribution in [3.05, 3.63) is 53.6 Å². The SMILES string of the molecule is CCOC(=O)c1ccc(NC(=O)c2ccc3c(c2)SC(C)(C)O3)cc1. The maximum absolute atomic E-state index is 12.4. The van der Waals surface area contributed by atoms with Crippen molar-refractivity contribution in [2.45, 2.75) is 30.6 Å². The van der Waals surface area contributed by atoms with E-state index in [0.717, 1.165) is 10.6 Å². The van der Waals surface area contributed by atoms with Crippen LogP contribution in [-0.2, 0) is 4.74 Å². The molecule has 1 N–H and O–H groups in total. The highest BCUT2D eigenvalue weighted by Crippen LogP contribution is 2.47. The molecule has 25 heavy (non-hydrogen) atoms. The molecular weight excluding hydrogens is 338 g/mol. The van der Waals surface area contributed by atoms with Crippen molar-refractivity contribution >= 4 is 29.3 Å². The monoisotopic (exact) mass is 357 g/mol. The van der Waals surface area contributed by atoms with Gasteiger partial charge in [0.05, 0.1) is 17.1 Å². The molecule has 0 bridgehead atoms. The number of anilines is 1. The lowest BCUT2D eigenvalue weighted by Gasteiger charge is -2.15. The summed E-state index contributed by atoms with van der Waals surface area (Å²) in [6, 6.07) is 12.0. The molecule has 130 valence electrons. The van der Waals surface area contributed by atoms with Gasteiger partial charge < -0.3 is 14.8 Å². The number of fused-ring (bicyclic) bond motifs is 1. The van der Waals surface area contributed by atoms with Gasteiger partial charge in [-0.25, -0.2) is 4.79 Å². The van der Waals surface area contributed by atoms with Crippen molar-refractivity contribution in [3.8, 4) is 5.75 Å². The first-order valence-electron chi connectivity index (χ1n) is 7.98. The van der Waals surface area contributed by atoms with Crippen LogP contribution in [0.3, 0.4) is 0 Å². The van der Waals surface area contributed by atoms with Gasteiger partial charge in [0.2, 0.25) is 0 Å². The van der Waals surface area contributed by atoms with Crippen LogP contribution in [0.4, 0.5) is 5.69 Å². The van der Waals surface area contributed by atoms with E-state index < -0.39 is 0 Å². The normalized spacial score (nSPS) is 14.4. The Morgan fingerprint density at radius 3 is 2.48 bits per heavy atom. The second-order valence-corrected chi connectivity index (χ2v) is 7.64. The minimum atomic E-state index is -0.376. The Kier molecular flexibility index (Phi) is 4.72. The molecule has 0 fully saturated rings. The van der Waals surface area contributed by atoms with E-state index in [-0.39, 0.29) is 16.8 Å². The van der Waals surface area contributed by atoms with Gasteiger partial charge in [-0.1, -0.05) is 11.8 Å². The lowest BCUT2D eigenvalue weighted by atomic mass is 10.1. The molecule has 1 aliphatic rings. The summed E-state index contributed by atoms with van der Waals surface area (Å²) < 4.78 is 10.7. The van der Waals surface area contributed by atoms with Gasteiger partial charge in [-0.15, -0.1) is 0 Å². The van der Waals surface area contributed by atoms with Crippen molar-refractivity contribution in [3.63, 3.8) is 0 Å². The summed E-state index contributed by atoms with van der Waals surface area (Å²) in [4.78, 5) is 24.7. The number of ether oxygens (including phenoxy) is 2. The summed E-state index contributed by atoms with van der Waals surface area (Å²) >= 11 is 1.59. The van der Waals surface area contributed by atoms with Crippen LogP contribution >= 0.6 is 11.8 Å². The fourth-order valence-electron chi connectivity index (χ4n) is 2.47. The number of hydrogen-bond acceptors (Lipinski definition) is 5. The second kappa shape index (κ2) is 6.80. The number of carbonyl (C=O) groups is 2. The van der Waals surface area contributed by atoms with E-state index in [1.165, 1.54) is 0 Å². The Hall–Kier alpha value is -2.47. The van der Waals surface area contributed by atoms with Crippen LogP contribution < -0.4 is 10.1 Å². The van der Waals surface area contributed by atoms with Gasteiger partial charge in [0, 0.05) is 11.3 Å². The lowest BCUT2D eigenvalue weighted by molar-refractivity contribution is 0.0526. The summed E-state index contributed by atoms with van der Waals surface area (Å²) in [5.74, 6) is 0.209. The van der Waals surface area contributed by atoms with Crippen molar-refractivity contribution in [1.82, 2.24) is 0 Å². The molecule has 1 heterocycles. The number of nitrogens with one attached hydrogen (secondary N) is 1. The molecule has 0 unspecified atom stereocenters. The predicted molar refractivity (Wildman–Crippen MR) is 97.4 cm³/mol. The molecule has 2 aromatic rings. The minimum Gasteiger partial charge on any atom is -0.476 e. The Bertz CT molecular complexity index is 815. The zero-order chi connectivity index (χ0) is 18.0. The zero-order valence-electron chi connectivity index (χ0n) is 14.3. The number of benzene rings is 2. The summed E-state index contributed by atoms with van der Waals surface area (Å²) in [7, 11) is 0. The fraction of sp³-hybridized carbons (Fsp3) is 0.263. The van der Waals surface area contributed by atoms with Crippen LogP contribution in [0.2, 0.25) is 0 Å². The number of rotatable bonds is 4. The summed E-state index contributed by atoms with van der Waals surface area (Å²) in [6.07, 6.45) is 0. The lowest BCUT2D eigenvalue weighted by Crippen LogP contribution is -2.17. The van der Waals surface area contributed by atoms with Crippen LogP contribution in [0.25, 0.3) is 0 Å². The van der Waals surface area contributed by atoms with Crippen molar-refractivity contribution in [2.75, 3.05) is 11.9 Å². The van der Waals surface area contributed by atoms with Gasteiger partial charge in [-0.2, -0.15) is 0 Å². The van der Waals surface area contributed by atoms with Crippen LogP contribution in [-0.4, -0.2) is 23.4 Å². The predicted octanol–water partition coefficient (Wildman–Crippen LogP) is 4.34. The number of hydrogen-bond donors (Lipinski definition) is 1. The van der Waals surface area contributed by atoms with Crippen molar-refractivity contribution in [1.29, 1.82) is 0 Å². The molecule has 1 aliphatic heterocycles. The van der Waals surface area contributed by atoms with Crippen LogP contribution in [0.5, 0.6) is 5.75 Å². The number of esters is 1. The van der Waals surface area contributed by atoms with E-state index in [0.29, 0.717) is 23.4 Å². The smallest absolute Gasteiger partial charge is 0.338 e. The average Bonchev–Trinajstić information content (AvgIpc) is 2.88. The zero-order valence-corrected chi connectivity index (χ0v) is 15.1. The topological polar surface area (TPSA) is 64.6 Å². The first kappa shape index (κ1) is 17.4. The van der Waals surface area contributed by atoms with E-state index in [1.54, 1.807) is 49.0 Å². The van der Waals surface area contributed by atoms with Gasteiger partial charge in [0.25, 0.3) is 5.91 Å². The highest BCUT2D eigenvalue weighted by Gasteiger charge is 2.31. The Morgan fingerprint density at radius 1 is 1.12 bits per heavy atom. The van der Waals surface area contributed by atoms with E-state index in [2.05, 4.69) is 5.32 Å². The maximum Gasteiger partial charge on any atom is 0.338 e. The third-order valence-corrected chi connectivity index (χ3v) is 4.69. The summed E-state index contributed by atoms with van der Waals surface area (Å²) in [5.41, 5.74) is 1.62. The Morgan fingerprint density at radius 2 is 1.80 bits per heavy atom. The van der Waals surface area contributed by atoms with E-state index in [4.69, 9.17) is 9.47 Å². The van der Waals surface area contributed by atoms with Crippen LogP contribution in [0.15, 0.2) is 47.4 Å². The van der Waals surface area contributed by atoms with Gasteiger partial charge in [-0.3, -0.25) is 4.79 Å². The molecule has 2 aromatic carbocycles. The molecule has 0 atom stereocenters. The Balaban J connectivity index is 1.70.